The van der Waals surface area contributed by atoms with Gasteiger partial charge in [0, 0.05) is 0 Å². The molecule has 0 amide bonds. The Hall–Kier alpha value is -1.06. The molecule has 0 aliphatic heterocycles. The number of hydrogen-bond donors (Lipinski definition) is 1. The topological polar surface area (TPSA) is 58.9 Å². The summed E-state index contributed by atoms with van der Waals surface area (Å²) in [6.45, 7) is 4.00. The van der Waals surface area contributed by atoms with E-state index in [0.717, 1.165) is 25.0 Å². The second-order valence-electron chi connectivity index (χ2n) is 4.17. The lowest BCUT2D eigenvalue weighted by Crippen LogP contribution is -2.07. The van der Waals surface area contributed by atoms with Crippen molar-refractivity contribution in [2.24, 2.45) is 10.6 Å². The summed E-state index contributed by atoms with van der Waals surface area (Å²) in [4.78, 5) is 14.8. The monoisotopic (exact) mass is 185 g/mol. The van der Waals surface area contributed by atoms with E-state index in [4.69, 9.17) is 5.11 Å². The van der Waals surface area contributed by atoms with Crippen LogP contribution in [-0.2, 0) is 9.63 Å². The minimum absolute atomic E-state index is 0.297. The predicted octanol–water partition coefficient (Wildman–Crippen LogP) is 1.65. The lowest BCUT2D eigenvalue weighted by atomic mass is 9.92. The summed E-state index contributed by atoms with van der Waals surface area (Å²) >= 11 is 0. The molecule has 1 rings (SSSR count). The third-order valence-corrected chi connectivity index (χ3v) is 2.15. The van der Waals surface area contributed by atoms with Crippen LogP contribution in [0.4, 0.5) is 0 Å². The molecule has 0 aromatic heterocycles. The van der Waals surface area contributed by atoms with E-state index in [1.807, 2.05) is 0 Å². The summed E-state index contributed by atoms with van der Waals surface area (Å²) < 4.78 is 0. The van der Waals surface area contributed by atoms with Crippen molar-refractivity contribution >= 4 is 11.7 Å². The van der Waals surface area contributed by atoms with Gasteiger partial charge in [0.25, 0.3) is 0 Å². The Kier molecular flexibility index (Phi) is 2.90. The SMILES string of the molecule is CC1(C)CCC(=NOCC(=O)O)C1. The van der Waals surface area contributed by atoms with Crippen LogP contribution in [0.3, 0.4) is 0 Å². The van der Waals surface area contributed by atoms with E-state index in [9.17, 15) is 4.79 Å². The van der Waals surface area contributed by atoms with Crippen molar-refractivity contribution in [1.29, 1.82) is 0 Å². The number of carbonyl (C=O) groups is 1. The highest BCUT2D eigenvalue weighted by Gasteiger charge is 2.28. The van der Waals surface area contributed by atoms with Crippen LogP contribution < -0.4 is 0 Å². The van der Waals surface area contributed by atoms with E-state index in [1.54, 1.807) is 0 Å². The van der Waals surface area contributed by atoms with E-state index in [2.05, 4.69) is 23.8 Å². The molecule has 1 fully saturated rings. The van der Waals surface area contributed by atoms with Gasteiger partial charge in [-0.2, -0.15) is 0 Å². The van der Waals surface area contributed by atoms with E-state index >= 15 is 0 Å². The number of nitrogens with zero attached hydrogens (tertiary/aromatic N) is 1. The molecule has 0 aromatic rings. The van der Waals surface area contributed by atoms with Crippen molar-refractivity contribution < 1.29 is 14.7 Å². The molecule has 1 N–H and O–H groups in total. The highest BCUT2D eigenvalue weighted by molar-refractivity contribution is 5.86. The van der Waals surface area contributed by atoms with Gasteiger partial charge in [0.15, 0.2) is 0 Å². The van der Waals surface area contributed by atoms with Gasteiger partial charge in [0.1, 0.15) is 0 Å². The second kappa shape index (κ2) is 3.77. The lowest BCUT2D eigenvalue weighted by Gasteiger charge is -2.13. The summed E-state index contributed by atoms with van der Waals surface area (Å²) in [5, 5.41) is 12.1. The molecule has 1 aliphatic carbocycles. The van der Waals surface area contributed by atoms with Gasteiger partial charge in [-0.3, -0.25) is 0 Å². The molecule has 0 saturated heterocycles. The van der Waals surface area contributed by atoms with Gasteiger partial charge in [-0.25, -0.2) is 4.79 Å². The van der Waals surface area contributed by atoms with Crippen LogP contribution in [0.1, 0.15) is 33.1 Å². The minimum atomic E-state index is -0.985. The van der Waals surface area contributed by atoms with Gasteiger partial charge >= 0.3 is 5.97 Å². The molecule has 4 nitrogen and oxygen atoms in total. The van der Waals surface area contributed by atoms with Crippen molar-refractivity contribution in [3.05, 3.63) is 0 Å². The fourth-order valence-electron chi connectivity index (χ4n) is 1.47. The molecule has 0 bridgehead atoms. The molecule has 0 unspecified atom stereocenters. The Labute approximate surface area is 77.6 Å². The van der Waals surface area contributed by atoms with E-state index in [0.29, 0.717) is 5.41 Å². The molecular formula is C9H15NO3. The largest absolute Gasteiger partial charge is 0.479 e. The maximum Gasteiger partial charge on any atom is 0.344 e. The van der Waals surface area contributed by atoms with Gasteiger partial charge in [-0.15, -0.1) is 0 Å². The third-order valence-electron chi connectivity index (χ3n) is 2.15. The first-order valence-corrected chi connectivity index (χ1v) is 4.39. The van der Waals surface area contributed by atoms with Crippen LogP contribution >= 0.6 is 0 Å². The van der Waals surface area contributed by atoms with Crippen LogP contribution in [0.15, 0.2) is 5.16 Å². The van der Waals surface area contributed by atoms with E-state index in [1.165, 1.54) is 0 Å². The Morgan fingerprint density at radius 3 is 2.85 bits per heavy atom. The standard InChI is InChI=1S/C9H15NO3/c1-9(2)4-3-7(5-9)10-13-6-8(11)12/h3-6H2,1-2H3,(H,11,12). The normalized spacial score (nSPS) is 23.4. The number of carboxylic acids is 1. The fraction of sp³-hybridized carbons (Fsp3) is 0.778. The molecular weight excluding hydrogens is 170 g/mol. The molecule has 1 aliphatic rings. The Balaban J connectivity index is 2.33. The highest BCUT2D eigenvalue weighted by Crippen LogP contribution is 2.34. The molecule has 0 aromatic carbocycles. The molecule has 1 saturated carbocycles. The average molecular weight is 185 g/mol. The number of oxime groups is 1. The van der Waals surface area contributed by atoms with Gasteiger partial charge in [-0.1, -0.05) is 19.0 Å². The Morgan fingerprint density at radius 1 is 1.69 bits per heavy atom. The molecule has 4 heteroatoms. The molecule has 74 valence electrons. The molecule has 0 heterocycles. The van der Waals surface area contributed by atoms with Gasteiger partial charge < -0.3 is 9.94 Å². The molecule has 0 spiro atoms. The first-order valence-electron chi connectivity index (χ1n) is 4.39. The first-order chi connectivity index (χ1) is 5.99. The zero-order valence-electron chi connectivity index (χ0n) is 8.04. The maximum atomic E-state index is 10.1. The summed E-state index contributed by atoms with van der Waals surface area (Å²) in [6, 6.07) is 0. The maximum absolute atomic E-state index is 10.1. The number of rotatable bonds is 3. The zero-order valence-corrected chi connectivity index (χ0v) is 8.04. The first kappa shape index (κ1) is 10.0. The minimum Gasteiger partial charge on any atom is -0.479 e. The van der Waals surface area contributed by atoms with Crippen molar-refractivity contribution in [1.82, 2.24) is 0 Å². The number of aliphatic carboxylic acids is 1. The van der Waals surface area contributed by atoms with Crippen molar-refractivity contribution in [3.8, 4) is 0 Å². The summed E-state index contributed by atoms with van der Waals surface area (Å²) in [5.74, 6) is -0.985. The smallest absolute Gasteiger partial charge is 0.344 e. The van der Waals surface area contributed by atoms with Crippen molar-refractivity contribution in [3.63, 3.8) is 0 Å². The summed E-state index contributed by atoms with van der Waals surface area (Å²) in [7, 11) is 0. The van der Waals surface area contributed by atoms with Crippen molar-refractivity contribution in [2.45, 2.75) is 33.1 Å². The van der Waals surface area contributed by atoms with Crippen LogP contribution in [-0.4, -0.2) is 23.4 Å². The van der Waals surface area contributed by atoms with Crippen LogP contribution in [0.25, 0.3) is 0 Å². The van der Waals surface area contributed by atoms with Gasteiger partial charge in [0.05, 0.1) is 5.71 Å². The van der Waals surface area contributed by atoms with E-state index in [-0.39, 0.29) is 6.61 Å². The fourth-order valence-corrected chi connectivity index (χ4v) is 1.47. The highest BCUT2D eigenvalue weighted by atomic mass is 16.6. The molecule has 13 heavy (non-hydrogen) atoms. The summed E-state index contributed by atoms with van der Waals surface area (Å²) in [6.07, 6.45) is 2.93. The Bertz CT molecular complexity index is 233. The Morgan fingerprint density at radius 2 is 2.38 bits per heavy atom. The van der Waals surface area contributed by atoms with Crippen LogP contribution in [0.2, 0.25) is 0 Å². The third kappa shape index (κ3) is 3.44. The van der Waals surface area contributed by atoms with Crippen molar-refractivity contribution in [2.75, 3.05) is 6.61 Å². The summed E-state index contributed by atoms with van der Waals surface area (Å²) in [5.41, 5.74) is 1.28. The quantitative estimate of drug-likeness (QED) is 0.680. The number of hydrogen-bond acceptors (Lipinski definition) is 3. The average Bonchev–Trinajstić information content (AvgIpc) is 2.29. The van der Waals surface area contributed by atoms with Crippen LogP contribution in [0.5, 0.6) is 0 Å². The molecule has 0 radical (unpaired) electrons. The van der Waals surface area contributed by atoms with Crippen LogP contribution in [0, 0.1) is 5.41 Å². The van der Waals surface area contributed by atoms with Gasteiger partial charge in [-0.05, 0) is 24.7 Å². The van der Waals surface area contributed by atoms with E-state index < -0.39 is 5.97 Å². The molecule has 0 atom stereocenters. The second-order valence-corrected chi connectivity index (χ2v) is 4.17. The zero-order chi connectivity index (χ0) is 9.90. The lowest BCUT2D eigenvalue weighted by molar-refractivity contribution is -0.142. The van der Waals surface area contributed by atoms with Gasteiger partial charge in [0.2, 0.25) is 6.61 Å². The number of carboxylic acid groups (broad SMARTS) is 1. The predicted molar refractivity (Wildman–Crippen MR) is 48.7 cm³/mol.